The second-order valence-electron chi connectivity index (χ2n) is 7.30. The number of benzene rings is 3. The number of alkyl halides is 3. The fraction of sp³-hybridized carbons (Fsp3) is 0.130. The molecule has 3 rings (SSSR count). The number of nitrogens with zero attached hydrogens (tertiary/aromatic N) is 1. The summed E-state index contributed by atoms with van der Waals surface area (Å²) in [4.78, 5) is 23.7. The van der Waals surface area contributed by atoms with Crippen molar-refractivity contribution in [3.05, 3.63) is 100 Å². The van der Waals surface area contributed by atoms with Crippen molar-refractivity contribution in [2.45, 2.75) is 15.9 Å². The summed E-state index contributed by atoms with van der Waals surface area (Å²) in [6, 6.07) is 21.8. The van der Waals surface area contributed by atoms with Gasteiger partial charge in [-0.3, -0.25) is 14.9 Å². The van der Waals surface area contributed by atoms with Crippen LogP contribution in [0.25, 0.3) is 0 Å². The lowest BCUT2D eigenvalue weighted by Gasteiger charge is -2.29. The summed E-state index contributed by atoms with van der Waals surface area (Å²) in [7, 11) is 0. The van der Waals surface area contributed by atoms with Gasteiger partial charge >= 0.3 is 5.69 Å². The number of anilines is 1. The van der Waals surface area contributed by atoms with Crippen LogP contribution in [0.2, 0.25) is 0 Å². The number of phenolic OH excluding ortho intramolecular Hbond substituents is 1. The number of halogens is 3. The van der Waals surface area contributed by atoms with Crippen molar-refractivity contribution in [2.24, 2.45) is 0 Å². The molecule has 0 saturated heterocycles. The first-order valence-electron chi connectivity index (χ1n) is 10.1. The van der Waals surface area contributed by atoms with E-state index in [1.807, 2.05) is 60.7 Å². The van der Waals surface area contributed by atoms with Crippen LogP contribution in [0.3, 0.4) is 0 Å². The molecule has 1 unspecified atom stereocenters. The average molecular weight is 554 g/mol. The van der Waals surface area contributed by atoms with Crippen molar-refractivity contribution in [1.82, 2.24) is 10.6 Å². The van der Waals surface area contributed by atoms with Gasteiger partial charge in [0.05, 0.1) is 10.8 Å². The molecule has 0 aliphatic carbocycles. The van der Waals surface area contributed by atoms with Gasteiger partial charge in [-0.25, -0.2) is 0 Å². The highest BCUT2D eigenvalue weighted by Gasteiger charge is 2.36. The van der Waals surface area contributed by atoms with E-state index in [0.717, 1.165) is 23.3 Å². The molecule has 182 valence electrons. The summed E-state index contributed by atoms with van der Waals surface area (Å²) < 4.78 is -2.01. The Balaban J connectivity index is 1.80. The lowest BCUT2D eigenvalue weighted by atomic mass is 9.90. The van der Waals surface area contributed by atoms with Crippen LogP contribution >= 0.6 is 47.0 Å². The standard InChI is InChI=1S/C23H19Cl3N4O4S/c24-23(25,26)21(29-22(35)27-16-11-12-18(31)17(13-16)30(33)34)28-20(32)19(14-7-3-1-4-8-14)15-9-5-2-6-10-15/h1-13,19,21,31H,(H,28,32)(H2,27,29,35). The summed E-state index contributed by atoms with van der Waals surface area (Å²) in [5, 5.41) is 28.7. The monoisotopic (exact) mass is 552 g/mol. The molecule has 3 aromatic carbocycles. The molecule has 8 nitrogen and oxygen atoms in total. The van der Waals surface area contributed by atoms with Gasteiger partial charge < -0.3 is 21.1 Å². The van der Waals surface area contributed by atoms with Gasteiger partial charge in [-0.1, -0.05) is 95.5 Å². The first kappa shape index (κ1) is 26.5. The molecule has 0 radical (unpaired) electrons. The van der Waals surface area contributed by atoms with Crippen molar-refractivity contribution < 1.29 is 14.8 Å². The molecule has 12 heteroatoms. The minimum atomic E-state index is -2.01. The number of carbonyl (C=O) groups excluding carboxylic acids is 1. The van der Waals surface area contributed by atoms with Crippen LogP contribution in [-0.2, 0) is 4.79 Å². The molecular formula is C23H19Cl3N4O4S. The number of nitro benzene ring substituents is 1. The van der Waals surface area contributed by atoms with E-state index in [9.17, 15) is 20.0 Å². The summed E-state index contributed by atoms with van der Waals surface area (Å²) in [6.07, 6.45) is -1.26. The van der Waals surface area contributed by atoms with Crippen LogP contribution in [0.5, 0.6) is 5.75 Å². The highest BCUT2D eigenvalue weighted by Crippen LogP contribution is 2.32. The van der Waals surface area contributed by atoms with Crippen molar-refractivity contribution in [2.75, 3.05) is 5.32 Å². The third-order valence-corrected chi connectivity index (χ3v) is 5.72. The Labute approximate surface area is 221 Å². The van der Waals surface area contributed by atoms with Crippen LogP contribution in [0.15, 0.2) is 78.9 Å². The summed E-state index contributed by atoms with van der Waals surface area (Å²) >= 11 is 23.6. The van der Waals surface area contributed by atoms with Gasteiger partial charge in [-0.15, -0.1) is 0 Å². The highest BCUT2D eigenvalue weighted by molar-refractivity contribution is 7.80. The molecule has 0 fully saturated rings. The molecule has 0 aromatic heterocycles. The number of thiocarbonyl (C=S) groups is 1. The quantitative estimate of drug-likeness (QED) is 0.0790. The summed E-state index contributed by atoms with van der Waals surface area (Å²) in [5.41, 5.74) is 1.15. The topological polar surface area (TPSA) is 117 Å². The molecule has 3 aromatic rings. The largest absolute Gasteiger partial charge is 0.502 e. The van der Waals surface area contributed by atoms with Gasteiger partial charge in [0, 0.05) is 11.8 Å². The van der Waals surface area contributed by atoms with Gasteiger partial charge in [0.15, 0.2) is 10.9 Å². The SMILES string of the molecule is O=C(NC(NC(=S)Nc1ccc(O)c([N+](=O)[O-])c1)C(Cl)(Cl)Cl)C(c1ccccc1)c1ccccc1. The van der Waals surface area contributed by atoms with Gasteiger partial charge in [-0.05, 0) is 35.5 Å². The normalized spacial score (nSPS) is 12.0. The van der Waals surface area contributed by atoms with E-state index >= 15 is 0 Å². The maximum absolute atomic E-state index is 13.4. The van der Waals surface area contributed by atoms with E-state index in [2.05, 4.69) is 16.0 Å². The Bertz CT molecular complexity index is 1170. The first-order chi connectivity index (χ1) is 16.6. The Kier molecular flexibility index (Phi) is 8.74. The Morgan fingerprint density at radius 1 is 0.943 bits per heavy atom. The molecule has 1 amide bonds. The number of rotatable bonds is 7. The minimum absolute atomic E-state index is 0.0856. The third-order valence-electron chi connectivity index (χ3n) is 4.85. The Morgan fingerprint density at radius 2 is 1.49 bits per heavy atom. The molecule has 35 heavy (non-hydrogen) atoms. The molecule has 0 aliphatic heterocycles. The molecular weight excluding hydrogens is 535 g/mol. The maximum atomic E-state index is 13.4. The zero-order valence-electron chi connectivity index (χ0n) is 17.8. The fourth-order valence-corrected chi connectivity index (χ4v) is 3.82. The predicted molar refractivity (Wildman–Crippen MR) is 141 cm³/mol. The lowest BCUT2D eigenvalue weighted by molar-refractivity contribution is -0.385. The lowest BCUT2D eigenvalue weighted by Crippen LogP contribution is -2.57. The first-order valence-corrected chi connectivity index (χ1v) is 11.6. The smallest absolute Gasteiger partial charge is 0.312 e. The molecule has 0 saturated carbocycles. The molecule has 0 bridgehead atoms. The number of nitro groups is 1. The van der Waals surface area contributed by atoms with Crippen LogP contribution in [0.1, 0.15) is 17.0 Å². The molecule has 0 aliphatic rings. The van der Waals surface area contributed by atoms with Crippen molar-refractivity contribution in [3.63, 3.8) is 0 Å². The van der Waals surface area contributed by atoms with Crippen molar-refractivity contribution in [3.8, 4) is 5.75 Å². The van der Waals surface area contributed by atoms with E-state index < -0.39 is 38.1 Å². The Hall–Kier alpha value is -3.11. The van der Waals surface area contributed by atoms with E-state index in [0.29, 0.717) is 0 Å². The number of nitrogens with one attached hydrogen (secondary N) is 3. The van der Waals surface area contributed by atoms with Crippen LogP contribution in [0, 0.1) is 10.1 Å². The molecule has 4 N–H and O–H groups in total. The molecule has 0 spiro atoms. The maximum Gasteiger partial charge on any atom is 0.312 e. The number of aromatic hydroxyl groups is 1. The van der Waals surface area contributed by atoms with Crippen molar-refractivity contribution >= 4 is 69.4 Å². The van der Waals surface area contributed by atoms with Gasteiger partial charge in [0.1, 0.15) is 6.17 Å². The van der Waals surface area contributed by atoms with Crippen molar-refractivity contribution in [1.29, 1.82) is 0 Å². The van der Waals surface area contributed by atoms with Crippen LogP contribution in [0.4, 0.5) is 11.4 Å². The van der Waals surface area contributed by atoms with Gasteiger partial charge in [0.25, 0.3) is 0 Å². The highest BCUT2D eigenvalue weighted by atomic mass is 35.6. The fourth-order valence-electron chi connectivity index (χ4n) is 3.26. The van der Waals surface area contributed by atoms with Gasteiger partial charge in [-0.2, -0.15) is 0 Å². The van der Waals surface area contributed by atoms with E-state index in [1.54, 1.807) is 0 Å². The predicted octanol–water partition coefficient (Wildman–Crippen LogP) is 5.23. The van der Waals surface area contributed by atoms with E-state index in [-0.39, 0.29) is 10.8 Å². The summed E-state index contributed by atoms with van der Waals surface area (Å²) in [5.74, 6) is -1.65. The molecule has 1 atom stereocenters. The minimum Gasteiger partial charge on any atom is -0.502 e. The number of carbonyl (C=O) groups is 1. The summed E-state index contributed by atoms with van der Waals surface area (Å²) in [6.45, 7) is 0. The Morgan fingerprint density at radius 3 is 1.97 bits per heavy atom. The van der Waals surface area contributed by atoms with Crippen LogP contribution < -0.4 is 16.0 Å². The number of hydrogen-bond donors (Lipinski definition) is 4. The molecule has 0 heterocycles. The third kappa shape index (κ3) is 7.19. The van der Waals surface area contributed by atoms with Crippen LogP contribution in [-0.4, -0.2) is 31.0 Å². The van der Waals surface area contributed by atoms with Gasteiger partial charge in [0.2, 0.25) is 9.70 Å². The average Bonchev–Trinajstić information content (AvgIpc) is 2.80. The number of hydrogen-bond acceptors (Lipinski definition) is 5. The van der Waals surface area contributed by atoms with E-state index in [1.165, 1.54) is 6.07 Å². The second kappa shape index (κ2) is 11.5. The van der Waals surface area contributed by atoms with E-state index in [4.69, 9.17) is 47.0 Å². The number of amides is 1. The second-order valence-corrected chi connectivity index (χ2v) is 10.1. The number of phenols is 1. The zero-order valence-corrected chi connectivity index (χ0v) is 20.9. The zero-order chi connectivity index (χ0) is 25.6.